The van der Waals surface area contributed by atoms with Crippen molar-refractivity contribution in [1.29, 1.82) is 0 Å². The summed E-state index contributed by atoms with van der Waals surface area (Å²) in [5, 5.41) is 8.16. The van der Waals surface area contributed by atoms with Crippen LogP contribution in [-0.4, -0.2) is 24.4 Å². The second kappa shape index (κ2) is 8.42. The predicted molar refractivity (Wildman–Crippen MR) is 111 cm³/mol. The first-order valence-corrected chi connectivity index (χ1v) is 10.0. The van der Waals surface area contributed by atoms with Gasteiger partial charge in [-0.25, -0.2) is 0 Å². The normalized spacial score (nSPS) is 16.2. The number of carbonyl (C=O) groups excluding carboxylic acids is 2. The summed E-state index contributed by atoms with van der Waals surface area (Å²) in [5.41, 5.74) is 9.77. The molecule has 0 spiro atoms. The quantitative estimate of drug-likeness (QED) is 0.688. The van der Waals surface area contributed by atoms with Crippen molar-refractivity contribution in [2.45, 2.75) is 38.1 Å². The van der Waals surface area contributed by atoms with Crippen LogP contribution in [0, 0.1) is 5.92 Å². The van der Waals surface area contributed by atoms with Gasteiger partial charge in [0.05, 0.1) is 5.56 Å². The molecule has 0 saturated heterocycles. The molecular formula is C20H24ClN3O2S. The Morgan fingerprint density at radius 3 is 2.70 bits per heavy atom. The third kappa shape index (κ3) is 4.51. The molecule has 1 atom stereocenters. The second-order valence-corrected chi connectivity index (χ2v) is 8.08. The van der Waals surface area contributed by atoms with Crippen molar-refractivity contribution in [2.24, 2.45) is 11.7 Å². The van der Waals surface area contributed by atoms with E-state index < -0.39 is 0 Å². The van der Waals surface area contributed by atoms with Crippen molar-refractivity contribution >= 4 is 40.6 Å². The van der Waals surface area contributed by atoms with Crippen LogP contribution in [-0.2, 0) is 12.8 Å². The standard InChI is InChI=1S/C20H23N3O2S.ClH/c21-17(13-5-6-13)11-22-19(25)16-8-9-26-20(16)23-18(24)15-7-4-12-2-1-3-14(12)10-15;/h4,7-10,13,17H,1-3,5-6,11,21H2,(H,22,25)(H,23,24);1H. The van der Waals surface area contributed by atoms with Gasteiger partial charge in [0, 0.05) is 18.2 Å². The maximum atomic E-state index is 12.6. The van der Waals surface area contributed by atoms with E-state index in [1.54, 1.807) is 6.07 Å². The van der Waals surface area contributed by atoms with E-state index in [4.69, 9.17) is 5.73 Å². The molecule has 5 nitrogen and oxygen atoms in total. The molecule has 1 fully saturated rings. The Bertz CT molecular complexity index is 848. The van der Waals surface area contributed by atoms with Crippen LogP contribution in [0.5, 0.6) is 0 Å². The Labute approximate surface area is 169 Å². The van der Waals surface area contributed by atoms with Crippen LogP contribution in [0.3, 0.4) is 0 Å². The van der Waals surface area contributed by atoms with Gasteiger partial charge in [-0.1, -0.05) is 6.07 Å². The maximum absolute atomic E-state index is 12.6. The van der Waals surface area contributed by atoms with Gasteiger partial charge in [0.25, 0.3) is 11.8 Å². The van der Waals surface area contributed by atoms with E-state index in [-0.39, 0.29) is 30.3 Å². The summed E-state index contributed by atoms with van der Waals surface area (Å²) in [6, 6.07) is 7.63. The largest absolute Gasteiger partial charge is 0.350 e. The van der Waals surface area contributed by atoms with Crippen LogP contribution in [0.4, 0.5) is 5.00 Å². The van der Waals surface area contributed by atoms with E-state index in [2.05, 4.69) is 10.6 Å². The van der Waals surface area contributed by atoms with E-state index in [0.717, 1.165) is 32.1 Å². The number of nitrogens with two attached hydrogens (primary N) is 1. The Hall–Kier alpha value is -1.89. The first-order chi connectivity index (χ1) is 12.6. The molecule has 7 heteroatoms. The SMILES string of the molecule is Cl.NC(CNC(=O)c1ccsc1NC(=O)c1ccc2c(c1)CCC2)C1CC1. The molecule has 4 rings (SSSR count). The lowest BCUT2D eigenvalue weighted by Gasteiger charge is -2.12. The number of halogens is 1. The Morgan fingerprint density at radius 2 is 1.93 bits per heavy atom. The average Bonchev–Trinajstić information content (AvgIpc) is 3.21. The van der Waals surface area contributed by atoms with Crippen molar-refractivity contribution in [3.8, 4) is 0 Å². The molecule has 144 valence electrons. The van der Waals surface area contributed by atoms with E-state index >= 15 is 0 Å². The van der Waals surface area contributed by atoms with Gasteiger partial charge in [0.15, 0.2) is 0 Å². The number of fused-ring (bicyclic) bond motifs is 1. The molecule has 0 aliphatic heterocycles. The van der Waals surface area contributed by atoms with Crippen LogP contribution >= 0.6 is 23.7 Å². The number of hydrogen-bond acceptors (Lipinski definition) is 4. The lowest BCUT2D eigenvalue weighted by Crippen LogP contribution is -2.38. The summed E-state index contributed by atoms with van der Waals surface area (Å²) < 4.78 is 0. The van der Waals surface area contributed by atoms with E-state index in [0.29, 0.717) is 28.6 Å². The van der Waals surface area contributed by atoms with Gasteiger partial charge < -0.3 is 16.4 Å². The summed E-state index contributed by atoms with van der Waals surface area (Å²) in [5.74, 6) is 0.175. The van der Waals surface area contributed by atoms with Crippen molar-refractivity contribution in [2.75, 3.05) is 11.9 Å². The van der Waals surface area contributed by atoms with Crippen molar-refractivity contribution in [3.05, 3.63) is 51.9 Å². The predicted octanol–water partition coefficient (Wildman–Crippen LogP) is 3.38. The number of rotatable bonds is 6. The van der Waals surface area contributed by atoms with E-state index in [1.165, 1.54) is 22.5 Å². The molecule has 4 N–H and O–H groups in total. The monoisotopic (exact) mass is 405 g/mol. The fourth-order valence-corrected chi connectivity index (χ4v) is 4.25. The number of thiophene rings is 1. The molecule has 2 aliphatic rings. The van der Waals surface area contributed by atoms with Crippen molar-refractivity contribution < 1.29 is 9.59 Å². The van der Waals surface area contributed by atoms with Gasteiger partial charge in [-0.15, -0.1) is 23.7 Å². The summed E-state index contributed by atoms with van der Waals surface area (Å²) in [6.07, 6.45) is 5.58. The van der Waals surface area contributed by atoms with Gasteiger partial charge in [-0.2, -0.15) is 0 Å². The number of hydrogen-bond donors (Lipinski definition) is 3. The lowest BCUT2D eigenvalue weighted by atomic mass is 10.1. The summed E-state index contributed by atoms with van der Waals surface area (Å²) >= 11 is 1.36. The summed E-state index contributed by atoms with van der Waals surface area (Å²) in [6.45, 7) is 0.470. The van der Waals surface area contributed by atoms with Crippen molar-refractivity contribution in [1.82, 2.24) is 5.32 Å². The lowest BCUT2D eigenvalue weighted by molar-refractivity contribution is 0.0951. The summed E-state index contributed by atoms with van der Waals surface area (Å²) in [4.78, 5) is 25.0. The van der Waals surface area contributed by atoms with Crippen molar-refractivity contribution in [3.63, 3.8) is 0 Å². The number of carbonyl (C=O) groups is 2. The minimum Gasteiger partial charge on any atom is -0.350 e. The molecular weight excluding hydrogens is 382 g/mol. The average molecular weight is 406 g/mol. The number of benzene rings is 1. The molecule has 1 unspecified atom stereocenters. The smallest absolute Gasteiger partial charge is 0.256 e. The van der Waals surface area contributed by atoms with Crippen LogP contribution in [0.25, 0.3) is 0 Å². The van der Waals surface area contributed by atoms with Gasteiger partial charge in [0.1, 0.15) is 5.00 Å². The van der Waals surface area contributed by atoms with Gasteiger partial charge in [-0.05, 0) is 72.7 Å². The van der Waals surface area contributed by atoms with Crippen LogP contribution in [0.1, 0.15) is 51.1 Å². The number of nitrogens with one attached hydrogen (secondary N) is 2. The van der Waals surface area contributed by atoms with E-state index in [9.17, 15) is 9.59 Å². The van der Waals surface area contributed by atoms with E-state index in [1.807, 2.05) is 23.6 Å². The zero-order valence-electron chi connectivity index (χ0n) is 15.0. The van der Waals surface area contributed by atoms with Gasteiger partial charge in [-0.3, -0.25) is 9.59 Å². The summed E-state index contributed by atoms with van der Waals surface area (Å²) in [7, 11) is 0. The molecule has 27 heavy (non-hydrogen) atoms. The molecule has 2 aromatic rings. The fourth-order valence-electron chi connectivity index (χ4n) is 3.47. The third-order valence-electron chi connectivity index (χ3n) is 5.22. The highest BCUT2D eigenvalue weighted by molar-refractivity contribution is 7.14. The molecule has 0 bridgehead atoms. The van der Waals surface area contributed by atoms with Crippen LogP contribution in [0.2, 0.25) is 0 Å². The maximum Gasteiger partial charge on any atom is 0.256 e. The van der Waals surface area contributed by atoms with Gasteiger partial charge >= 0.3 is 0 Å². The second-order valence-electron chi connectivity index (χ2n) is 7.17. The highest BCUT2D eigenvalue weighted by Gasteiger charge is 2.28. The molecule has 0 radical (unpaired) electrons. The number of anilines is 1. The zero-order chi connectivity index (χ0) is 18.1. The Kier molecular flexibility index (Phi) is 6.19. The molecule has 2 aliphatic carbocycles. The molecule has 1 heterocycles. The number of aryl methyl sites for hydroxylation is 2. The Balaban J connectivity index is 0.00000210. The van der Waals surface area contributed by atoms with Gasteiger partial charge in [0.2, 0.25) is 0 Å². The number of amides is 2. The topological polar surface area (TPSA) is 84.2 Å². The molecule has 1 saturated carbocycles. The minimum atomic E-state index is -0.188. The van der Waals surface area contributed by atoms with Crippen LogP contribution in [0.15, 0.2) is 29.6 Å². The Morgan fingerprint density at radius 1 is 1.15 bits per heavy atom. The third-order valence-corrected chi connectivity index (χ3v) is 6.05. The fraction of sp³-hybridized carbons (Fsp3) is 0.400. The molecule has 1 aromatic heterocycles. The first-order valence-electron chi connectivity index (χ1n) is 9.16. The minimum absolute atomic E-state index is 0. The van der Waals surface area contributed by atoms with Crippen LogP contribution < -0.4 is 16.4 Å². The highest BCUT2D eigenvalue weighted by Crippen LogP contribution is 2.31. The zero-order valence-corrected chi connectivity index (χ0v) is 16.6. The molecule has 2 amide bonds. The highest BCUT2D eigenvalue weighted by atomic mass is 35.5. The molecule has 1 aromatic carbocycles. The first kappa shape index (κ1) is 19.9.